The minimum atomic E-state index is -5.05. The zero-order valence-electron chi connectivity index (χ0n) is 15.9. The first-order chi connectivity index (χ1) is 14.8. The van der Waals surface area contributed by atoms with Gasteiger partial charge in [-0.2, -0.15) is 13.2 Å². The molecular formula is C18H17F5N3Na2O5P. The summed E-state index contributed by atoms with van der Waals surface area (Å²) < 4.78 is 82.8. The van der Waals surface area contributed by atoms with Gasteiger partial charge < -0.3 is 15.3 Å². The van der Waals surface area contributed by atoms with Crippen LogP contribution < -0.4 is 15.3 Å². The van der Waals surface area contributed by atoms with Crippen molar-refractivity contribution in [1.29, 1.82) is 0 Å². The van der Waals surface area contributed by atoms with E-state index >= 15 is 0 Å². The molecular weight excluding hydrogens is 510 g/mol. The van der Waals surface area contributed by atoms with Crippen LogP contribution in [0.3, 0.4) is 0 Å². The Balaban J connectivity index is 0.00000289. The van der Waals surface area contributed by atoms with Crippen molar-refractivity contribution in [3.63, 3.8) is 0 Å². The van der Waals surface area contributed by atoms with Gasteiger partial charge in [0.1, 0.15) is 28.8 Å². The molecule has 1 aliphatic rings. The maximum absolute atomic E-state index is 13.7. The molecule has 0 saturated carbocycles. The van der Waals surface area contributed by atoms with Gasteiger partial charge in [-0.05, 0) is 35.9 Å². The van der Waals surface area contributed by atoms with Gasteiger partial charge in [0, 0.05) is 13.1 Å². The normalized spacial score (nSPS) is 13.8. The first kappa shape index (κ1) is 31.0. The number of carbonyl (C=O) groups excluding carboxylic acids is 1. The number of halogens is 5. The average molecular weight is 527 g/mol. The Kier molecular flexibility index (Phi) is 11.2. The quantitative estimate of drug-likeness (QED) is 0.258. The van der Waals surface area contributed by atoms with Gasteiger partial charge in [0.25, 0.3) is 5.91 Å². The Morgan fingerprint density at radius 3 is 2.32 bits per heavy atom. The van der Waals surface area contributed by atoms with Gasteiger partial charge in [-0.15, -0.1) is 0 Å². The molecule has 0 bridgehead atoms. The van der Waals surface area contributed by atoms with Crippen LogP contribution in [0.15, 0.2) is 48.3 Å². The second kappa shape index (κ2) is 12.3. The van der Waals surface area contributed by atoms with Gasteiger partial charge in [0.15, 0.2) is 0 Å². The zero-order valence-corrected chi connectivity index (χ0v) is 16.8. The summed E-state index contributed by atoms with van der Waals surface area (Å²) in [7, 11) is -5.05. The predicted octanol–water partition coefficient (Wildman–Crippen LogP) is 1.75. The van der Waals surface area contributed by atoms with E-state index < -0.39 is 48.4 Å². The molecule has 0 fully saturated rings. The van der Waals surface area contributed by atoms with Crippen molar-refractivity contribution in [2.24, 2.45) is 0 Å². The van der Waals surface area contributed by atoms with Gasteiger partial charge >= 0.3 is 73.1 Å². The summed E-state index contributed by atoms with van der Waals surface area (Å²) in [6, 6.07) is 5.31. The number of benzene rings is 2. The van der Waals surface area contributed by atoms with Crippen LogP contribution in [0.4, 0.5) is 22.0 Å². The van der Waals surface area contributed by atoms with E-state index in [1.807, 2.05) is 0 Å². The number of phosphoric acid groups is 1. The molecule has 1 amide bonds. The van der Waals surface area contributed by atoms with Gasteiger partial charge in [-0.25, -0.2) is 18.4 Å². The molecule has 34 heavy (non-hydrogen) atoms. The second-order valence-corrected chi connectivity index (χ2v) is 7.72. The third kappa shape index (κ3) is 8.30. The number of hydrogen-bond donors (Lipinski definition) is 4. The summed E-state index contributed by atoms with van der Waals surface area (Å²) in [5.74, 6) is -3.90. The number of alkyl halides is 3. The fourth-order valence-electron chi connectivity index (χ4n) is 2.90. The molecule has 0 radical (unpaired) electrons. The molecule has 0 aliphatic carbocycles. The van der Waals surface area contributed by atoms with E-state index in [1.165, 1.54) is 11.1 Å². The number of nitrogens with one attached hydrogen (secondary N) is 2. The van der Waals surface area contributed by atoms with Crippen LogP contribution >= 0.6 is 7.82 Å². The van der Waals surface area contributed by atoms with Crippen molar-refractivity contribution >= 4 is 72.8 Å². The van der Waals surface area contributed by atoms with Crippen molar-refractivity contribution in [3.05, 3.63) is 76.6 Å². The number of hydrogen-bond acceptors (Lipinski definition) is 5. The van der Waals surface area contributed by atoms with E-state index in [0.29, 0.717) is 6.07 Å². The monoisotopic (exact) mass is 527 g/mol. The van der Waals surface area contributed by atoms with E-state index in [2.05, 4.69) is 15.3 Å². The molecule has 176 valence electrons. The molecule has 2 aromatic rings. The van der Waals surface area contributed by atoms with Crippen molar-refractivity contribution in [1.82, 2.24) is 15.8 Å². The number of phosphoric ester groups is 1. The van der Waals surface area contributed by atoms with Crippen LogP contribution in [-0.4, -0.2) is 86.4 Å². The molecule has 0 unspecified atom stereocenters. The average Bonchev–Trinajstić information content (AvgIpc) is 3.07. The Labute approximate surface area is 234 Å². The van der Waals surface area contributed by atoms with E-state index in [0.717, 1.165) is 30.3 Å². The number of rotatable bonds is 6. The molecule has 0 spiro atoms. The Hall–Kier alpha value is -0.990. The number of nitrogens with zero attached hydrogens (tertiary/aromatic N) is 1. The van der Waals surface area contributed by atoms with Crippen molar-refractivity contribution in [2.75, 3.05) is 6.54 Å². The number of hydrazine groups is 1. The van der Waals surface area contributed by atoms with Crippen LogP contribution in [-0.2, 0) is 17.3 Å². The first-order valence-electron chi connectivity index (χ1n) is 8.76. The van der Waals surface area contributed by atoms with E-state index in [9.17, 15) is 31.3 Å². The Morgan fingerprint density at radius 1 is 1.15 bits per heavy atom. The van der Waals surface area contributed by atoms with Gasteiger partial charge in [-0.1, -0.05) is 12.1 Å². The van der Waals surface area contributed by atoms with Gasteiger partial charge in [0.2, 0.25) is 0 Å². The minimum absolute atomic E-state index is 0. The SMILES string of the molecule is O=C(NC1=CCN(Cc2ccc(OP(=O)(O)O)cc2C(F)(F)F)N1)c1c(F)cccc1F.[NaH].[NaH]. The Morgan fingerprint density at radius 2 is 1.76 bits per heavy atom. The third-order valence-corrected chi connectivity index (χ3v) is 4.65. The predicted molar refractivity (Wildman–Crippen MR) is 114 cm³/mol. The van der Waals surface area contributed by atoms with Crippen molar-refractivity contribution in [3.8, 4) is 5.75 Å². The topological polar surface area (TPSA) is 111 Å². The second-order valence-electron chi connectivity index (χ2n) is 6.56. The van der Waals surface area contributed by atoms with Crippen LogP contribution in [0.25, 0.3) is 0 Å². The molecule has 16 heteroatoms. The molecule has 1 heterocycles. The third-order valence-electron chi connectivity index (χ3n) is 4.20. The molecule has 0 saturated heterocycles. The maximum atomic E-state index is 13.7. The zero-order chi connectivity index (χ0) is 23.7. The fraction of sp³-hybridized carbons (Fsp3) is 0.167. The molecule has 3 rings (SSSR count). The summed E-state index contributed by atoms with van der Waals surface area (Å²) in [5, 5.41) is 3.50. The fourth-order valence-corrected chi connectivity index (χ4v) is 3.29. The number of carbonyl (C=O) groups is 1. The van der Waals surface area contributed by atoms with E-state index in [4.69, 9.17) is 9.79 Å². The van der Waals surface area contributed by atoms with E-state index in [1.54, 1.807) is 0 Å². The molecule has 2 aromatic carbocycles. The summed E-state index contributed by atoms with van der Waals surface area (Å²) in [5.41, 5.74) is 0.349. The Bertz CT molecular complexity index is 1110. The van der Waals surface area contributed by atoms with Crippen LogP contribution in [0.1, 0.15) is 21.5 Å². The molecule has 0 atom stereocenters. The summed E-state index contributed by atoms with van der Waals surface area (Å²) >= 11 is 0. The van der Waals surface area contributed by atoms with Crippen LogP contribution in [0.5, 0.6) is 5.75 Å². The van der Waals surface area contributed by atoms with Gasteiger partial charge in [0.05, 0.1) is 5.56 Å². The molecule has 1 aliphatic heterocycles. The van der Waals surface area contributed by atoms with Crippen molar-refractivity contribution in [2.45, 2.75) is 12.7 Å². The van der Waals surface area contributed by atoms with E-state index in [-0.39, 0.29) is 83.6 Å². The molecule has 0 aromatic heterocycles. The molecule has 8 nitrogen and oxygen atoms in total. The summed E-state index contributed by atoms with van der Waals surface area (Å²) in [4.78, 5) is 29.7. The van der Waals surface area contributed by atoms with Gasteiger partial charge in [-0.3, -0.25) is 14.6 Å². The molecule has 4 N–H and O–H groups in total. The standard InChI is InChI=1S/C18H15F5N3O5P.2Na.2H/c19-13-2-1-3-14(20)16(13)17(27)24-15-6-7-26(25-15)9-10-4-5-11(31-32(28,29)30)8-12(10)18(21,22)23;;;;/h1-6,8,25H,7,9H2,(H,24,27)(H2,28,29,30);;;;. The first-order valence-corrected chi connectivity index (χ1v) is 10.3. The van der Waals surface area contributed by atoms with Crippen LogP contribution in [0, 0.1) is 11.6 Å². The summed E-state index contributed by atoms with van der Waals surface area (Å²) in [6.07, 6.45) is -3.47. The van der Waals surface area contributed by atoms with Crippen LogP contribution in [0.2, 0.25) is 0 Å². The van der Waals surface area contributed by atoms with Crippen molar-refractivity contribution < 1.29 is 45.6 Å². The summed E-state index contributed by atoms with van der Waals surface area (Å²) in [6.45, 7) is -0.303. The number of amides is 1.